The Balaban J connectivity index is 2.15. The van der Waals surface area contributed by atoms with Crippen LogP contribution in [0.4, 0.5) is 0 Å². The number of β-amino-alcohol motifs (C(OH)–C–C–N with tert-alkyl or cyclic N) is 1. The summed E-state index contributed by atoms with van der Waals surface area (Å²) in [5, 5.41) is 39.9. The molecule has 2 rings (SSSR count). The van der Waals surface area contributed by atoms with Gasteiger partial charge in [0.05, 0.1) is 6.61 Å². The van der Waals surface area contributed by atoms with Crippen molar-refractivity contribution in [3.63, 3.8) is 0 Å². The van der Waals surface area contributed by atoms with E-state index in [1.807, 2.05) is 6.07 Å². The first-order valence-electron chi connectivity index (χ1n) is 9.15. The molecule has 0 bridgehead atoms. The second-order valence-corrected chi connectivity index (χ2v) is 6.67. The molecule has 1 fully saturated rings. The van der Waals surface area contributed by atoms with E-state index in [4.69, 9.17) is 4.74 Å². The number of carbonyl (C=O) groups is 1. The Morgan fingerprint density at radius 2 is 1.85 bits per heavy atom. The molecule has 4 N–H and O–H groups in total. The molecule has 1 aliphatic heterocycles. The van der Waals surface area contributed by atoms with Gasteiger partial charge in [0.15, 0.2) is 0 Å². The Kier molecular flexibility index (Phi) is 8.47. The van der Waals surface area contributed by atoms with Crippen LogP contribution in [0, 0.1) is 0 Å². The summed E-state index contributed by atoms with van der Waals surface area (Å²) in [6.45, 7) is 0.151. The van der Waals surface area contributed by atoms with Gasteiger partial charge in [-0.05, 0) is 25.0 Å². The van der Waals surface area contributed by atoms with Crippen molar-refractivity contribution in [3.05, 3.63) is 35.9 Å². The zero-order valence-corrected chi connectivity index (χ0v) is 14.9. The number of rotatable bonds is 3. The van der Waals surface area contributed by atoms with E-state index >= 15 is 0 Å². The van der Waals surface area contributed by atoms with Crippen LogP contribution in [0.5, 0.6) is 0 Å². The van der Waals surface area contributed by atoms with Gasteiger partial charge >= 0.3 is 0 Å². The maximum Gasteiger partial charge on any atom is 0.253 e. The smallest absolute Gasteiger partial charge is 0.253 e. The van der Waals surface area contributed by atoms with Gasteiger partial charge < -0.3 is 30.1 Å². The molecule has 0 unspecified atom stereocenters. The van der Waals surface area contributed by atoms with Gasteiger partial charge in [-0.3, -0.25) is 4.79 Å². The predicted octanol–water partition coefficient (Wildman–Crippen LogP) is 0.163. The molecular formula is C19H29NO6. The van der Waals surface area contributed by atoms with Crippen molar-refractivity contribution >= 4 is 5.91 Å². The van der Waals surface area contributed by atoms with Gasteiger partial charge in [-0.25, -0.2) is 0 Å². The van der Waals surface area contributed by atoms with Crippen LogP contribution in [0.15, 0.2) is 30.3 Å². The zero-order chi connectivity index (χ0) is 18.9. The largest absolute Gasteiger partial charge is 0.394 e. The van der Waals surface area contributed by atoms with Gasteiger partial charge in [0.25, 0.3) is 5.91 Å². The van der Waals surface area contributed by atoms with Crippen LogP contribution < -0.4 is 0 Å². The normalized spacial score (nSPS) is 27.2. The first-order chi connectivity index (χ1) is 12.5. The number of hydrogen-bond donors (Lipinski definition) is 4. The van der Waals surface area contributed by atoms with Crippen LogP contribution in [0.2, 0.25) is 0 Å². The molecule has 1 aromatic carbocycles. The fourth-order valence-corrected chi connectivity index (χ4v) is 3.11. The standard InChI is InChI=1S/C19H29NO6/c21-13-16(23)18-17(24)15(22)12-20(10-6-1-2-7-11-26-18)19(25)14-8-4-3-5-9-14/h3-5,8-9,15-18,21-24H,1-2,6-7,10-13H2/t15-,16+,17+,18+/m0/s1. The van der Waals surface area contributed by atoms with Crippen molar-refractivity contribution < 1.29 is 30.0 Å². The van der Waals surface area contributed by atoms with Crippen molar-refractivity contribution in [1.82, 2.24) is 4.90 Å². The van der Waals surface area contributed by atoms with E-state index in [0.717, 1.165) is 25.7 Å². The third-order valence-corrected chi connectivity index (χ3v) is 4.65. The highest BCUT2D eigenvalue weighted by Gasteiger charge is 2.34. The van der Waals surface area contributed by atoms with Crippen LogP contribution in [0.3, 0.4) is 0 Å². The van der Waals surface area contributed by atoms with E-state index in [9.17, 15) is 25.2 Å². The predicted molar refractivity (Wildman–Crippen MR) is 95.7 cm³/mol. The number of carbonyl (C=O) groups excluding carboxylic acids is 1. The molecule has 0 radical (unpaired) electrons. The van der Waals surface area contributed by atoms with E-state index < -0.39 is 31.0 Å². The number of nitrogens with zero attached hydrogens (tertiary/aromatic N) is 1. The van der Waals surface area contributed by atoms with Crippen LogP contribution in [0.1, 0.15) is 36.0 Å². The Bertz CT molecular complexity index is 540. The van der Waals surface area contributed by atoms with E-state index in [0.29, 0.717) is 18.7 Å². The highest BCUT2D eigenvalue weighted by molar-refractivity contribution is 5.94. The topological polar surface area (TPSA) is 110 Å². The van der Waals surface area contributed by atoms with Crippen molar-refractivity contribution in [3.8, 4) is 0 Å². The Labute approximate surface area is 153 Å². The average Bonchev–Trinajstić information content (AvgIpc) is 2.67. The molecule has 7 heteroatoms. The molecule has 1 aromatic rings. The molecule has 0 aromatic heterocycles. The third kappa shape index (κ3) is 5.75. The van der Waals surface area contributed by atoms with E-state index in [1.165, 1.54) is 4.90 Å². The summed E-state index contributed by atoms with van der Waals surface area (Å²) in [6, 6.07) is 8.79. The number of hydrogen-bond acceptors (Lipinski definition) is 6. The monoisotopic (exact) mass is 367 g/mol. The number of aliphatic hydroxyl groups excluding tert-OH is 4. The molecule has 1 aliphatic rings. The lowest BCUT2D eigenvalue weighted by Crippen LogP contribution is -2.52. The molecule has 1 amide bonds. The van der Waals surface area contributed by atoms with Crippen LogP contribution in [-0.2, 0) is 4.74 Å². The van der Waals surface area contributed by atoms with E-state index in [1.54, 1.807) is 24.3 Å². The minimum absolute atomic E-state index is 0.0765. The van der Waals surface area contributed by atoms with Crippen LogP contribution >= 0.6 is 0 Å². The van der Waals surface area contributed by atoms with E-state index in [2.05, 4.69) is 0 Å². The van der Waals surface area contributed by atoms with Gasteiger partial charge in [-0.2, -0.15) is 0 Å². The lowest BCUT2D eigenvalue weighted by molar-refractivity contribution is -0.145. The first kappa shape index (κ1) is 20.8. The molecule has 146 valence electrons. The summed E-state index contributed by atoms with van der Waals surface area (Å²) >= 11 is 0. The summed E-state index contributed by atoms with van der Waals surface area (Å²) in [5.41, 5.74) is 0.518. The maximum absolute atomic E-state index is 12.8. The fraction of sp³-hybridized carbons (Fsp3) is 0.632. The van der Waals surface area contributed by atoms with Gasteiger partial charge in [-0.15, -0.1) is 0 Å². The molecule has 26 heavy (non-hydrogen) atoms. The molecule has 1 saturated heterocycles. The summed E-state index contributed by atoms with van der Waals surface area (Å²) in [4.78, 5) is 14.3. The number of aliphatic hydroxyl groups is 4. The number of benzene rings is 1. The lowest BCUT2D eigenvalue weighted by atomic mass is 10.0. The zero-order valence-electron chi connectivity index (χ0n) is 14.9. The number of amides is 1. The molecular weight excluding hydrogens is 338 g/mol. The summed E-state index contributed by atoms with van der Waals surface area (Å²) in [6.07, 6.45) is -1.78. The minimum Gasteiger partial charge on any atom is -0.394 e. The minimum atomic E-state index is -1.41. The van der Waals surface area contributed by atoms with Gasteiger partial charge in [-0.1, -0.05) is 31.0 Å². The summed E-state index contributed by atoms with van der Waals surface area (Å²) < 4.78 is 5.51. The fourth-order valence-electron chi connectivity index (χ4n) is 3.11. The van der Waals surface area contributed by atoms with E-state index in [-0.39, 0.29) is 12.5 Å². The summed E-state index contributed by atoms with van der Waals surface area (Å²) in [5.74, 6) is -0.214. The maximum atomic E-state index is 12.8. The average molecular weight is 367 g/mol. The van der Waals surface area contributed by atoms with Crippen molar-refractivity contribution in [2.24, 2.45) is 0 Å². The SMILES string of the molecule is O=C(c1ccccc1)N1CCCCCCO[C@H]([C@H](O)CO)[C@H](O)[C@@H](O)C1. The quantitative estimate of drug-likeness (QED) is 0.606. The van der Waals surface area contributed by atoms with Crippen LogP contribution in [0.25, 0.3) is 0 Å². The Hall–Kier alpha value is -1.51. The lowest BCUT2D eigenvalue weighted by Gasteiger charge is -2.33. The molecule has 0 aliphatic carbocycles. The third-order valence-electron chi connectivity index (χ3n) is 4.65. The summed E-state index contributed by atoms with van der Waals surface area (Å²) in [7, 11) is 0. The molecule has 7 nitrogen and oxygen atoms in total. The molecule has 4 atom stereocenters. The molecule has 0 spiro atoms. The van der Waals surface area contributed by atoms with Crippen molar-refractivity contribution in [2.45, 2.75) is 50.1 Å². The van der Waals surface area contributed by atoms with Gasteiger partial charge in [0, 0.05) is 25.3 Å². The molecule has 0 saturated carbocycles. The van der Waals surface area contributed by atoms with Crippen molar-refractivity contribution in [1.29, 1.82) is 0 Å². The van der Waals surface area contributed by atoms with Gasteiger partial charge in [0.2, 0.25) is 0 Å². The first-order valence-corrected chi connectivity index (χ1v) is 9.15. The Morgan fingerprint density at radius 1 is 1.15 bits per heavy atom. The second-order valence-electron chi connectivity index (χ2n) is 6.67. The second kappa shape index (κ2) is 10.6. The van der Waals surface area contributed by atoms with Crippen molar-refractivity contribution in [2.75, 3.05) is 26.3 Å². The van der Waals surface area contributed by atoms with Crippen LogP contribution in [-0.4, -0.2) is 82.0 Å². The number of ether oxygens (including phenoxy) is 1. The highest BCUT2D eigenvalue weighted by atomic mass is 16.5. The highest BCUT2D eigenvalue weighted by Crippen LogP contribution is 2.16. The molecule has 1 heterocycles. The Morgan fingerprint density at radius 3 is 2.54 bits per heavy atom. The van der Waals surface area contributed by atoms with Gasteiger partial charge in [0.1, 0.15) is 24.4 Å².